The lowest BCUT2D eigenvalue weighted by Gasteiger charge is -2.10. The molecule has 11 heteroatoms. The maximum absolute atomic E-state index is 12.3. The van der Waals surface area contributed by atoms with Gasteiger partial charge in [-0.1, -0.05) is 34.5 Å². The molecule has 2 aromatic rings. The lowest BCUT2D eigenvalue weighted by molar-refractivity contribution is -0.131. The Morgan fingerprint density at radius 1 is 1.29 bits per heavy atom. The molecule has 0 atom stereocenters. The van der Waals surface area contributed by atoms with E-state index in [1.165, 1.54) is 19.1 Å². The van der Waals surface area contributed by atoms with Crippen LogP contribution in [-0.4, -0.2) is 31.5 Å². The Bertz CT molecular complexity index is 924. The number of sulfone groups is 1. The summed E-state index contributed by atoms with van der Waals surface area (Å²) >= 11 is 12.8. The van der Waals surface area contributed by atoms with Crippen LogP contribution in [0, 0.1) is 0 Å². The molecule has 1 aromatic heterocycles. The predicted molar refractivity (Wildman–Crippen MR) is 90.9 cm³/mol. The Morgan fingerprint density at radius 3 is 2.50 bits per heavy atom. The summed E-state index contributed by atoms with van der Waals surface area (Å²) in [4.78, 5) is 27.2. The van der Waals surface area contributed by atoms with Crippen LogP contribution in [-0.2, 0) is 14.6 Å². The van der Waals surface area contributed by atoms with Crippen LogP contribution in [0.15, 0.2) is 22.5 Å². The second-order valence-corrected chi connectivity index (χ2v) is 8.60. The van der Waals surface area contributed by atoms with Crippen molar-refractivity contribution in [2.75, 3.05) is 11.6 Å². The van der Waals surface area contributed by atoms with Gasteiger partial charge in [0.15, 0.2) is 20.7 Å². The van der Waals surface area contributed by atoms with E-state index >= 15 is 0 Å². The third-order valence-electron chi connectivity index (χ3n) is 2.61. The van der Waals surface area contributed by atoms with E-state index in [9.17, 15) is 18.0 Å². The molecule has 0 aliphatic rings. The minimum absolute atomic E-state index is 0.00609. The van der Waals surface area contributed by atoms with Gasteiger partial charge in [0, 0.05) is 13.2 Å². The maximum atomic E-state index is 12.3. The van der Waals surface area contributed by atoms with Crippen molar-refractivity contribution >= 4 is 61.4 Å². The molecule has 7 nitrogen and oxygen atoms in total. The largest absolute Gasteiger partial charge is 0.423 e. The van der Waals surface area contributed by atoms with Gasteiger partial charge in [-0.05, 0) is 12.1 Å². The first kappa shape index (κ1) is 18.7. The molecule has 0 radical (unpaired) electrons. The van der Waals surface area contributed by atoms with E-state index in [0.29, 0.717) is 0 Å². The SMILES string of the molecule is CC(=O)Oc1c(Cl)ccc(C(=O)Nc2ncc(S(C)(=O)=O)s2)c1Cl. The standard InChI is InChI=1S/C13H10Cl2N2O5S2/c1-6(18)22-11-8(14)4-3-7(10(11)15)12(19)17-13-16-5-9(23-13)24(2,20)21/h3-5H,1-2H3,(H,16,17,19). The smallest absolute Gasteiger partial charge is 0.308 e. The molecule has 1 N–H and O–H groups in total. The Labute approximate surface area is 151 Å². The van der Waals surface area contributed by atoms with Crippen molar-refractivity contribution in [3.8, 4) is 5.75 Å². The first-order valence-electron chi connectivity index (χ1n) is 6.23. The van der Waals surface area contributed by atoms with Crippen LogP contribution in [0.1, 0.15) is 17.3 Å². The first-order chi connectivity index (χ1) is 11.1. The van der Waals surface area contributed by atoms with E-state index in [4.69, 9.17) is 27.9 Å². The van der Waals surface area contributed by atoms with E-state index in [-0.39, 0.29) is 30.7 Å². The lowest BCUT2D eigenvalue weighted by atomic mass is 10.2. The van der Waals surface area contributed by atoms with Gasteiger partial charge in [0.05, 0.1) is 21.8 Å². The maximum Gasteiger partial charge on any atom is 0.308 e. The zero-order valence-electron chi connectivity index (χ0n) is 12.3. The average Bonchev–Trinajstić information content (AvgIpc) is 2.91. The van der Waals surface area contributed by atoms with Gasteiger partial charge in [0.2, 0.25) is 0 Å². The lowest BCUT2D eigenvalue weighted by Crippen LogP contribution is -2.13. The van der Waals surface area contributed by atoms with Gasteiger partial charge >= 0.3 is 5.97 Å². The van der Waals surface area contributed by atoms with E-state index in [1.54, 1.807) is 0 Å². The summed E-state index contributed by atoms with van der Waals surface area (Å²) in [5.41, 5.74) is -0.00609. The molecule has 0 bridgehead atoms. The highest BCUT2D eigenvalue weighted by molar-refractivity contribution is 7.92. The number of aromatic nitrogens is 1. The van der Waals surface area contributed by atoms with Gasteiger partial charge in [0.25, 0.3) is 5.91 Å². The number of benzene rings is 1. The molecular weight excluding hydrogens is 399 g/mol. The number of rotatable bonds is 4. The van der Waals surface area contributed by atoms with Crippen molar-refractivity contribution in [2.45, 2.75) is 11.1 Å². The summed E-state index contributed by atoms with van der Waals surface area (Å²) < 4.78 is 27.7. The highest BCUT2D eigenvalue weighted by Gasteiger charge is 2.20. The topological polar surface area (TPSA) is 102 Å². The Kier molecular flexibility index (Phi) is 5.49. The monoisotopic (exact) mass is 408 g/mol. The molecule has 0 spiro atoms. The zero-order chi connectivity index (χ0) is 18.1. The number of carbonyl (C=O) groups is 2. The second-order valence-electron chi connectivity index (χ2n) is 4.54. The van der Waals surface area contributed by atoms with Crippen molar-refractivity contribution in [1.29, 1.82) is 0 Å². The number of hydrogen-bond acceptors (Lipinski definition) is 7. The molecule has 0 aliphatic heterocycles. The predicted octanol–water partition coefficient (Wildman–Crippen LogP) is 3.03. The van der Waals surface area contributed by atoms with Crippen LogP contribution < -0.4 is 10.1 Å². The van der Waals surface area contributed by atoms with Gasteiger partial charge in [-0.2, -0.15) is 0 Å². The van der Waals surface area contributed by atoms with Crippen molar-refractivity contribution < 1.29 is 22.7 Å². The van der Waals surface area contributed by atoms with E-state index in [0.717, 1.165) is 23.8 Å². The Morgan fingerprint density at radius 2 is 1.96 bits per heavy atom. The highest BCUT2D eigenvalue weighted by atomic mass is 35.5. The molecule has 24 heavy (non-hydrogen) atoms. The first-order valence-corrected chi connectivity index (χ1v) is 9.69. The fourth-order valence-electron chi connectivity index (χ4n) is 1.60. The molecule has 2 rings (SSSR count). The Hall–Kier alpha value is -1.68. The number of esters is 1. The molecule has 0 saturated heterocycles. The number of amides is 1. The summed E-state index contributed by atoms with van der Waals surface area (Å²) in [7, 11) is -3.41. The zero-order valence-corrected chi connectivity index (χ0v) is 15.4. The van der Waals surface area contributed by atoms with Crippen molar-refractivity contribution in [3.63, 3.8) is 0 Å². The summed E-state index contributed by atoms with van der Waals surface area (Å²) in [6.45, 7) is 1.17. The van der Waals surface area contributed by atoms with Gasteiger partial charge in [-0.25, -0.2) is 13.4 Å². The molecule has 0 saturated carbocycles. The second kappa shape index (κ2) is 7.06. The van der Waals surface area contributed by atoms with Crippen LogP contribution >= 0.6 is 34.5 Å². The number of hydrogen-bond donors (Lipinski definition) is 1. The molecule has 1 aromatic carbocycles. The van der Waals surface area contributed by atoms with Crippen LogP contribution in [0.2, 0.25) is 10.0 Å². The summed E-state index contributed by atoms with van der Waals surface area (Å²) in [5.74, 6) is -1.43. The van der Waals surface area contributed by atoms with Gasteiger partial charge in [-0.3, -0.25) is 14.9 Å². The van der Waals surface area contributed by atoms with Crippen LogP contribution in [0.3, 0.4) is 0 Å². The van der Waals surface area contributed by atoms with Crippen molar-refractivity contribution in [2.24, 2.45) is 0 Å². The van der Waals surface area contributed by atoms with Crippen LogP contribution in [0.5, 0.6) is 5.75 Å². The third-order valence-corrected chi connectivity index (χ3v) is 5.98. The van der Waals surface area contributed by atoms with E-state index < -0.39 is 21.7 Å². The average molecular weight is 409 g/mol. The minimum Gasteiger partial charge on any atom is -0.423 e. The fourth-order valence-corrected chi connectivity index (χ4v) is 3.76. The van der Waals surface area contributed by atoms with E-state index in [1.807, 2.05) is 0 Å². The van der Waals surface area contributed by atoms with Gasteiger partial charge in [-0.15, -0.1) is 0 Å². The number of ether oxygens (including phenoxy) is 1. The van der Waals surface area contributed by atoms with E-state index in [2.05, 4.69) is 10.3 Å². The number of thiazole rings is 1. The van der Waals surface area contributed by atoms with Gasteiger partial charge < -0.3 is 4.74 Å². The number of halogens is 2. The molecule has 128 valence electrons. The highest BCUT2D eigenvalue weighted by Crippen LogP contribution is 2.36. The quantitative estimate of drug-likeness (QED) is 0.615. The molecule has 1 heterocycles. The molecule has 0 unspecified atom stereocenters. The number of nitrogens with one attached hydrogen (secondary N) is 1. The van der Waals surface area contributed by atoms with Crippen molar-refractivity contribution in [3.05, 3.63) is 33.9 Å². The molecular formula is C13H10Cl2N2O5S2. The minimum atomic E-state index is -3.41. The third kappa shape index (κ3) is 4.23. The number of carbonyl (C=O) groups excluding carboxylic acids is 2. The van der Waals surface area contributed by atoms with Gasteiger partial charge in [0.1, 0.15) is 4.21 Å². The summed E-state index contributed by atoms with van der Waals surface area (Å²) in [5, 5.41) is 2.44. The molecule has 0 aliphatic carbocycles. The molecule has 1 amide bonds. The molecule has 0 fully saturated rings. The fraction of sp³-hybridized carbons (Fsp3) is 0.154. The number of anilines is 1. The normalized spacial score (nSPS) is 11.2. The number of nitrogens with zero attached hydrogens (tertiary/aromatic N) is 1. The van der Waals surface area contributed by atoms with Crippen LogP contribution in [0.25, 0.3) is 0 Å². The summed E-state index contributed by atoms with van der Waals surface area (Å²) in [6.07, 6.45) is 2.18. The summed E-state index contributed by atoms with van der Waals surface area (Å²) in [6, 6.07) is 2.70. The van der Waals surface area contributed by atoms with Crippen molar-refractivity contribution in [1.82, 2.24) is 4.98 Å². The van der Waals surface area contributed by atoms with Crippen LogP contribution in [0.4, 0.5) is 5.13 Å². The Balaban J connectivity index is 2.30.